The third kappa shape index (κ3) is 6.33. The molecule has 2 aromatic carbocycles. The largest absolute Gasteiger partial charge is 0.493 e. The van der Waals surface area contributed by atoms with Crippen molar-refractivity contribution in [3.63, 3.8) is 0 Å². The van der Waals surface area contributed by atoms with Gasteiger partial charge in [0.15, 0.2) is 18.1 Å². The molecule has 2 rings (SSSR count). The third-order valence-corrected chi connectivity index (χ3v) is 4.07. The van der Waals surface area contributed by atoms with Crippen LogP contribution >= 0.6 is 0 Å². The number of benzene rings is 2. The average molecular weight is 371 g/mol. The number of hydrogen-bond acceptors (Lipinski definition) is 5. The van der Waals surface area contributed by atoms with Gasteiger partial charge >= 0.3 is 5.97 Å². The van der Waals surface area contributed by atoms with Gasteiger partial charge in [0, 0.05) is 6.04 Å². The number of carbonyl (C=O) groups excluding carboxylic acids is 2. The lowest BCUT2D eigenvalue weighted by atomic mass is 10.1. The lowest BCUT2D eigenvalue weighted by Crippen LogP contribution is -2.36. The molecule has 0 unspecified atom stereocenters. The van der Waals surface area contributed by atoms with Gasteiger partial charge in [-0.05, 0) is 43.5 Å². The van der Waals surface area contributed by atoms with Gasteiger partial charge < -0.3 is 19.5 Å². The van der Waals surface area contributed by atoms with Crippen molar-refractivity contribution >= 4 is 11.9 Å². The summed E-state index contributed by atoms with van der Waals surface area (Å²) < 4.78 is 15.4. The van der Waals surface area contributed by atoms with Crippen molar-refractivity contribution < 1.29 is 23.8 Å². The molecule has 6 nitrogen and oxygen atoms in total. The van der Waals surface area contributed by atoms with Crippen LogP contribution in [0.3, 0.4) is 0 Å². The quantitative estimate of drug-likeness (QED) is 0.686. The van der Waals surface area contributed by atoms with E-state index in [0.29, 0.717) is 11.5 Å². The average Bonchev–Trinajstić information content (AvgIpc) is 2.70. The van der Waals surface area contributed by atoms with Crippen molar-refractivity contribution in [3.05, 3.63) is 59.7 Å². The molecule has 27 heavy (non-hydrogen) atoms. The van der Waals surface area contributed by atoms with Crippen LogP contribution in [-0.4, -0.2) is 38.7 Å². The summed E-state index contributed by atoms with van der Waals surface area (Å²) in [7, 11) is 3.00. The molecule has 0 saturated heterocycles. The van der Waals surface area contributed by atoms with E-state index in [1.54, 1.807) is 12.1 Å². The second-order valence-electron chi connectivity index (χ2n) is 6.14. The standard InChI is InChI=1S/C21H25NO5/c1-15(9-10-16-7-5-4-6-8-16)22-20(23)14-27-21(24)17-11-12-18(25-2)19(13-17)26-3/h4-8,11-13,15H,9-10,14H2,1-3H3,(H,22,23)/t15-/m0/s1. The Morgan fingerprint density at radius 3 is 2.37 bits per heavy atom. The lowest BCUT2D eigenvalue weighted by Gasteiger charge is -2.14. The SMILES string of the molecule is COc1ccc(C(=O)OCC(=O)N[C@@H](C)CCc2ccccc2)cc1OC. The second kappa shape index (κ2) is 10.2. The topological polar surface area (TPSA) is 73.9 Å². The van der Waals surface area contributed by atoms with Gasteiger partial charge in [-0.15, -0.1) is 0 Å². The number of hydrogen-bond donors (Lipinski definition) is 1. The Balaban J connectivity index is 1.78. The molecule has 6 heteroatoms. The van der Waals surface area contributed by atoms with E-state index in [0.717, 1.165) is 12.8 Å². The summed E-state index contributed by atoms with van der Waals surface area (Å²) in [5.74, 6) is 0.0115. The zero-order chi connectivity index (χ0) is 19.6. The van der Waals surface area contributed by atoms with Gasteiger partial charge in [-0.25, -0.2) is 4.79 Å². The molecular weight excluding hydrogens is 346 g/mol. The Kier molecular flexibility index (Phi) is 7.67. The molecule has 0 heterocycles. The summed E-state index contributed by atoms with van der Waals surface area (Å²) in [4.78, 5) is 24.1. The van der Waals surface area contributed by atoms with Gasteiger partial charge in [-0.1, -0.05) is 30.3 Å². The minimum absolute atomic E-state index is 0.0162. The molecule has 0 bridgehead atoms. The molecule has 0 aliphatic heterocycles. The summed E-state index contributed by atoms with van der Waals surface area (Å²) >= 11 is 0. The van der Waals surface area contributed by atoms with Gasteiger partial charge in [0.1, 0.15) is 0 Å². The predicted octanol–water partition coefficient (Wildman–Crippen LogP) is 3.00. The molecule has 1 N–H and O–H groups in total. The first-order valence-electron chi connectivity index (χ1n) is 8.76. The van der Waals surface area contributed by atoms with E-state index < -0.39 is 5.97 Å². The summed E-state index contributed by atoms with van der Waals surface area (Å²) in [5, 5.41) is 2.84. The molecule has 0 aromatic heterocycles. The van der Waals surface area contributed by atoms with Crippen molar-refractivity contribution in [3.8, 4) is 11.5 Å². The van der Waals surface area contributed by atoms with Crippen LogP contribution in [0, 0.1) is 0 Å². The smallest absolute Gasteiger partial charge is 0.338 e. The van der Waals surface area contributed by atoms with Crippen LogP contribution in [0.15, 0.2) is 48.5 Å². The number of aryl methyl sites for hydroxylation is 1. The van der Waals surface area contributed by atoms with Crippen LogP contribution in [0.2, 0.25) is 0 Å². The number of ether oxygens (including phenoxy) is 3. The van der Waals surface area contributed by atoms with E-state index in [2.05, 4.69) is 17.4 Å². The Morgan fingerprint density at radius 2 is 1.70 bits per heavy atom. The van der Waals surface area contributed by atoms with Crippen LogP contribution in [0.1, 0.15) is 29.3 Å². The first-order valence-corrected chi connectivity index (χ1v) is 8.76. The minimum Gasteiger partial charge on any atom is -0.493 e. The lowest BCUT2D eigenvalue weighted by molar-refractivity contribution is -0.124. The second-order valence-corrected chi connectivity index (χ2v) is 6.14. The molecular formula is C21H25NO5. The maximum absolute atomic E-state index is 12.1. The zero-order valence-corrected chi connectivity index (χ0v) is 15.9. The number of carbonyl (C=O) groups is 2. The van der Waals surface area contributed by atoms with Crippen LogP contribution in [0.4, 0.5) is 0 Å². The van der Waals surface area contributed by atoms with Gasteiger partial charge in [-0.2, -0.15) is 0 Å². The highest BCUT2D eigenvalue weighted by Gasteiger charge is 2.14. The molecule has 0 aliphatic carbocycles. The summed E-state index contributed by atoms with van der Waals surface area (Å²) in [6.45, 7) is 1.60. The van der Waals surface area contributed by atoms with Crippen molar-refractivity contribution in [1.29, 1.82) is 0 Å². The third-order valence-electron chi connectivity index (χ3n) is 4.07. The fraction of sp³-hybridized carbons (Fsp3) is 0.333. The summed E-state index contributed by atoms with van der Waals surface area (Å²) in [5.41, 5.74) is 1.51. The Morgan fingerprint density at radius 1 is 1.00 bits per heavy atom. The maximum atomic E-state index is 12.1. The van der Waals surface area contributed by atoms with Crippen LogP contribution in [0.5, 0.6) is 11.5 Å². The molecule has 1 atom stereocenters. The van der Waals surface area contributed by atoms with Gasteiger partial charge in [0.05, 0.1) is 19.8 Å². The van der Waals surface area contributed by atoms with Crippen LogP contribution < -0.4 is 14.8 Å². The van der Waals surface area contributed by atoms with E-state index in [-0.39, 0.29) is 24.1 Å². The molecule has 0 fully saturated rings. The van der Waals surface area contributed by atoms with Crippen molar-refractivity contribution in [2.75, 3.05) is 20.8 Å². The van der Waals surface area contributed by atoms with Crippen LogP contribution in [-0.2, 0) is 16.0 Å². The molecule has 0 saturated carbocycles. The normalized spacial score (nSPS) is 11.4. The molecule has 2 aromatic rings. The molecule has 0 radical (unpaired) electrons. The summed E-state index contributed by atoms with van der Waals surface area (Å²) in [6.07, 6.45) is 1.67. The van der Waals surface area contributed by atoms with Gasteiger partial charge in [0.25, 0.3) is 5.91 Å². The zero-order valence-electron chi connectivity index (χ0n) is 15.9. The molecule has 0 spiro atoms. The monoisotopic (exact) mass is 371 g/mol. The highest BCUT2D eigenvalue weighted by Crippen LogP contribution is 2.27. The number of nitrogens with one attached hydrogen (secondary N) is 1. The minimum atomic E-state index is -0.594. The van der Waals surface area contributed by atoms with E-state index in [9.17, 15) is 9.59 Å². The molecule has 0 aliphatic rings. The number of rotatable bonds is 9. The Bertz CT molecular complexity index is 760. The Labute approximate surface area is 159 Å². The fourth-order valence-electron chi connectivity index (χ4n) is 2.59. The number of methoxy groups -OCH3 is 2. The fourth-order valence-corrected chi connectivity index (χ4v) is 2.59. The first-order chi connectivity index (χ1) is 13.0. The van der Waals surface area contributed by atoms with Crippen LogP contribution in [0.25, 0.3) is 0 Å². The van der Waals surface area contributed by atoms with Gasteiger partial charge in [-0.3, -0.25) is 4.79 Å². The van der Waals surface area contributed by atoms with Gasteiger partial charge in [0.2, 0.25) is 0 Å². The van der Waals surface area contributed by atoms with Crippen molar-refractivity contribution in [2.24, 2.45) is 0 Å². The number of amides is 1. The maximum Gasteiger partial charge on any atom is 0.338 e. The Hall–Kier alpha value is -3.02. The first kappa shape index (κ1) is 20.3. The highest BCUT2D eigenvalue weighted by molar-refractivity contribution is 5.92. The van der Waals surface area contributed by atoms with E-state index in [4.69, 9.17) is 14.2 Å². The summed E-state index contributed by atoms with van der Waals surface area (Å²) in [6, 6.07) is 14.7. The van der Waals surface area contributed by atoms with E-state index in [1.165, 1.54) is 25.8 Å². The number of esters is 1. The predicted molar refractivity (Wildman–Crippen MR) is 102 cm³/mol. The molecule has 1 amide bonds. The van der Waals surface area contributed by atoms with Crippen molar-refractivity contribution in [1.82, 2.24) is 5.32 Å². The highest BCUT2D eigenvalue weighted by atomic mass is 16.5. The molecule has 144 valence electrons. The van der Waals surface area contributed by atoms with E-state index in [1.807, 2.05) is 25.1 Å². The van der Waals surface area contributed by atoms with Crippen molar-refractivity contribution in [2.45, 2.75) is 25.8 Å². The van der Waals surface area contributed by atoms with E-state index >= 15 is 0 Å².